The number of carbonyl (C=O) groups excluding carboxylic acids is 1. The summed E-state index contributed by atoms with van der Waals surface area (Å²) in [5, 5.41) is 30.3. The fraction of sp³-hybridized carbons (Fsp3) is 0.750. The summed E-state index contributed by atoms with van der Waals surface area (Å²) in [7, 11) is 0. The molecular weight excluding hydrogens is 304 g/mol. The van der Waals surface area contributed by atoms with Crippen LogP contribution in [-0.2, 0) is 4.79 Å². The molecule has 1 aliphatic carbocycles. The van der Waals surface area contributed by atoms with Gasteiger partial charge in [0.05, 0.1) is 18.3 Å². The average Bonchev–Trinajstić information content (AvgIpc) is 2.82. The molecule has 0 heterocycles. The smallest absolute Gasteiger partial charge is 0.393 e. The third kappa shape index (κ3) is 7.73. The molecule has 4 heteroatoms. The van der Waals surface area contributed by atoms with E-state index in [2.05, 4.69) is 6.92 Å². The lowest BCUT2D eigenvalue weighted by molar-refractivity contribution is -0.107. The van der Waals surface area contributed by atoms with Crippen LogP contribution in [0.5, 0.6) is 0 Å². The molecule has 4 nitrogen and oxygen atoms in total. The number of hydrogen-bond donors (Lipinski definition) is 3. The van der Waals surface area contributed by atoms with Crippen molar-refractivity contribution in [3.05, 3.63) is 24.3 Å². The summed E-state index contributed by atoms with van der Waals surface area (Å²) in [5.41, 5.74) is 0. The van der Waals surface area contributed by atoms with Gasteiger partial charge in [0.15, 0.2) is 0 Å². The molecule has 0 spiro atoms. The number of hydrogen-bond acceptors (Lipinski definition) is 4. The molecule has 0 unspecified atom stereocenters. The lowest BCUT2D eigenvalue weighted by Crippen LogP contribution is -2.20. The van der Waals surface area contributed by atoms with E-state index in [1.165, 1.54) is 0 Å². The quantitative estimate of drug-likeness (QED) is 0.290. The minimum Gasteiger partial charge on any atom is -0.393 e. The molecule has 24 heavy (non-hydrogen) atoms. The molecule has 3 N–H and O–H groups in total. The van der Waals surface area contributed by atoms with Crippen molar-refractivity contribution in [3.63, 3.8) is 0 Å². The lowest BCUT2D eigenvalue weighted by Gasteiger charge is -2.19. The van der Waals surface area contributed by atoms with Crippen molar-refractivity contribution in [1.29, 1.82) is 0 Å². The number of unbranched alkanes of at least 4 members (excludes halogenated alkanes) is 4. The Kier molecular flexibility index (Phi) is 10.9. The molecule has 0 aromatic rings. The molecule has 1 saturated carbocycles. The van der Waals surface area contributed by atoms with Gasteiger partial charge in [0.25, 0.3) is 0 Å². The monoisotopic (exact) mass is 339 g/mol. The van der Waals surface area contributed by atoms with Gasteiger partial charge in [0.1, 0.15) is 6.29 Å². The van der Waals surface area contributed by atoms with Crippen LogP contribution in [-0.4, -0.2) is 39.9 Å². The van der Waals surface area contributed by atoms with Crippen LogP contribution in [0.25, 0.3) is 0 Å². The average molecular weight is 339 g/mol. The normalized spacial score (nSPS) is 28.8. The summed E-state index contributed by atoms with van der Waals surface area (Å²) in [6.45, 7) is 2.13. The zero-order valence-electron chi connectivity index (χ0n) is 15.9. The van der Waals surface area contributed by atoms with E-state index in [0.717, 1.165) is 44.8 Å². The van der Waals surface area contributed by atoms with Crippen LogP contribution >= 0.6 is 0 Å². The van der Waals surface area contributed by atoms with E-state index in [0.29, 0.717) is 19.3 Å². The number of aldehydes is 1. The van der Waals surface area contributed by atoms with E-state index in [1.807, 2.05) is 18.2 Å². The molecule has 0 aliphatic heterocycles. The Bertz CT molecular complexity index is 397. The van der Waals surface area contributed by atoms with E-state index in [4.69, 9.17) is 0 Å². The summed E-state index contributed by atoms with van der Waals surface area (Å²) in [4.78, 5) is 10.3. The van der Waals surface area contributed by atoms with Crippen molar-refractivity contribution >= 4 is 6.29 Å². The first kappa shape index (κ1) is 21.1. The number of aliphatic hydroxyl groups is 3. The molecule has 0 aromatic carbocycles. The number of allylic oxidation sites excluding steroid dienone is 2. The zero-order chi connectivity index (χ0) is 17.8. The van der Waals surface area contributed by atoms with Crippen LogP contribution in [0, 0.1) is 11.8 Å². The first-order valence-corrected chi connectivity index (χ1v) is 9.41. The van der Waals surface area contributed by atoms with Gasteiger partial charge in [-0.05, 0) is 31.6 Å². The Morgan fingerprint density at radius 3 is 2.62 bits per heavy atom. The highest BCUT2D eigenvalue weighted by atomic mass is 16.3. The molecular formula is C20H35O4+. The van der Waals surface area contributed by atoms with Crippen LogP contribution in [0.2, 0.25) is 0 Å². The third-order valence-corrected chi connectivity index (χ3v) is 4.84. The fourth-order valence-electron chi connectivity index (χ4n) is 3.35. The molecule has 0 aromatic heterocycles. The second-order valence-electron chi connectivity index (χ2n) is 6.86. The maximum atomic E-state index is 10.3. The summed E-state index contributed by atoms with van der Waals surface area (Å²) < 4.78 is 0. The van der Waals surface area contributed by atoms with Crippen LogP contribution in [0.15, 0.2) is 24.3 Å². The van der Waals surface area contributed by atoms with Gasteiger partial charge < -0.3 is 20.1 Å². The molecule has 1 aliphatic rings. The van der Waals surface area contributed by atoms with E-state index in [-0.39, 0.29) is 13.3 Å². The highest BCUT2D eigenvalue weighted by molar-refractivity contribution is 5.49. The standard InChI is InChI=1S/C20H34O4/c1-2-3-7-10-16(22)12-13-18-17(19(23)15-20(18)24)11-8-5-4-6-9-14-21/h5,8,12-14,16-20,22-24H,2-4,6-7,9-11,15H2,1H3/p+1/b8-5-,13-12+/t16-,17+,18+,19-,20+/m0/s1. The number of rotatable bonds is 12. The maximum absolute atomic E-state index is 10.3. The molecule has 138 valence electrons. The second kappa shape index (κ2) is 12.4. The van der Waals surface area contributed by atoms with Crippen molar-refractivity contribution in [2.24, 2.45) is 11.8 Å². The SMILES string of the molecule is CCCCC[C@H](O)/C=C/[C@@H]1[C@@H](C/C=C\CCCC=O)[C@@H](O)C[C@H]1O.[H+]. The fourth-order valence-corrected chi connectivity index (χ4v) is 3.35. The van der Waals surface area contributed by atoms with Gasteiger partial charge in [0, 0.05) is 18.8 Å². The third-order valence-electron chi connectivity index (χ3n) is 4.84. The number of aliphatic hydroxyl groups excluding tert-OH is 3. The van der Waals surface area contributed by atoms with Crippen molar-refractivity contribution in [3.8, 4) is 0 Å². The summed E-state index contributed by atoms with van der Waals surface area (Å²) in [5.74, 6) is -0.123. The van der Waals surface area contributed by atoms with Crippen LogP contribution in [0.1, 0.15) is 66.1 Å². The molecule has 0 saturated heterocycles. The topological polar surface area (TPSA) is 77.8 Å². The molecule has 0 radical (unpaired) electrons. The Morgan fingerprint density at radius 1 is 1.12 bits per heavy atom. The van der Waals surface area contributed by atoms with Crippen molar-refractivity contribution in [2.75, 3.05) is 0 Å². The van der Waals surface area contributed by atoms with Crippen molar-refractivity contribution in [1.82, 2.24) is 0 Å². The predicted molar refractivity (Wildman–Crippen MR) is 97.7 cm³/mol. The Labute approximate surface area is 147 Å². The first-order valence-electron chi connectivity index (χ1n) is 9.41. The Hall–Kier alpha value is -0.970. The molecule has 1 rings (SSSR count). The minimum absolute atomic E-state index is 0. The minimum atomic E-state index is -0.549. The largest absolute Gasteiger partial charge is 1.00 e. The van der Waals surface area contributed by atoms with E-state index in [9.17, 15) is 20.1 Å². The van der Waals surface area contributed by atoms with Gasteiger partial charge in [-0.15, -0.1) is 0 Å². The zero-order valence-corrected chi connectivity index (χ0v) is 14.9. The second-order valence-corrected chi connectivity index (χ2v) is 6.86. The van der Waals surface area contributed by atoms with Crippen LogP contribution in [0.3, 0.4) is 0 Å². The molecule has 5 atom stereocenters. The van der Waals surface area contributed by atoms with E-state index < -0.39 is 18.3 Å². The van der Waals surface area contributed by atoms with Crippen LogP contribution < -0.4 is 0 Å². The summed E-state index contributed by atoms with van der Waals surface area (Å²) in [6, 6.07) is 0. The Balaban J connectivity index is 0.00000576. The Morgan fingerprint density at radius 2 is 1.92 bits per heavy atom. The maximum Gasteiger partial charge on any atom is 1.00 e. The van der Waals surface area contributed by atoms with E-state index in [1.54, 1.807) is 6.08 Å². The first-order chi connectivity index (χ1) is 11.6. The summed E-state index contributed by atoms with van der Waals surface area (Å²) >= 11 is 0. The molecule has 1 fully saturated rings. The number of carbonyl (C=O) groups is 1. The highest BCUT2D eigenvalue weighted by Crippen LogP contribution is 2.36. The molecule has 0 bridgehead atoms. The van der Waals surface area contributed by atoms with Gasteiger partial charge in [-0.1, -0.05) is 50.5 Å². The molecule has 0 amide bonds. The van der Waals surface area contributed by atoms with Crippen molar-refractivity contribution < 1.29 is 21.5 Å². The van der Waals surface area contributed by atoms with Gasteiger partial charge in [-0.2, -0.15) is 0 Å². The highest BCUT2D eigenvalue weighted by Gasteiger charge is 2.39. The lowest BCUT2D eigenvalue weighted by atomic mass is 9.89. The van der Waals surface area contributed by atoms with Crippen LogP contribution in [0.4, 0.5) is 0 Å². The predicted octanol–water partition coefficient (Wildman–Crippen LogP) is 3.27. The van der Waals surface area contributed by atoms with Gasteiger partial charge >= 0.3 is 1.43 Å². The van der Waals surface area contributed by atoms with Gasteiger partial charge in [-0.25, -0.2) is 0 Å². The van der Waals surface area contributed by atoms with Gasteiger partial charge in [-0.3, -0.25) is 0 Å². The van der Waals surface area contributed by atoms with E-state index >= 15 is 0 Å². The van der Waals surface area contributed by atoms with Crippen molar-refractivity contribution in [2.45, 2.75) is 83.0 Å². The summed E-state index contributed by atoms with van der Waals surface area (Å²) in [6.07, 6.45) is 14.5. The van der Waals surface area contributed by atoms with Gasteiger partial charge in [0.2, 0.25) is 0 Å².